The van der Waals surface area contributed by atoms with Crippen LogP contribution in [0.4, 0.5) is 14.5 Å². The standard InChI is InChI=1S/C22H25F2N7O.HI/c1-25-22(26-12-15-5-4-6-16(11-15)20-27-14-28-30-20)29-17-9-10-31(13-17)18-7-2-3-8-19(18)32-21(23)24;/h2-8,11,14,17,21H,9-10,12-13H2,1H3,(H2,25,26,29)(H,27,28,30);1H. The van der Waals surface area contributed by atoms with Crippen molar-refractivity contribution in [3.05, 3.63) is 60.4 Å². The quantitative estimate of drug-likeness (QED) is 0.229. The predicted molar refractivity (Wildman–Crippen MR) is 134 cm³/mol. The molecule has 1 aliphatic heterocycles. The highest BCUT2D eigenvalue weighted by Crippen LogP contribution is 2.31. The first-order chi connectivity index (χ1) is 15.6. The van der Waals surface area contributed by atoms with Crippen LogP contribution in [0.5, 0.6) is 5.75 Å². The molecule has 33 heavy (non-hydrogen) atoms. The molecular weight excluding hydrogens is 543 g/mol. The van der Waals surface area contributed by atoms with Crippen molar-refractivity contribution in [2.75, 3.05) is 25.0 Å². The first-order valence-corrected chi connectivity index (χ1v) is 10.3. The molecule has 1 fully saturated rings. The number of benzene rings is 2. The van der Waals surface area contributed by atoms with Gasteiger partial charge in [0.15, 0.2) is 11.8 Å². The number of H-pyrrole nitrogens is 1. The normalized spacial score (nSPS) is 15.9. The maximum Gasteiger partial charge on any atom is 0.387 e. The number of para-hydroxylation sites is 2. The number of ether oxygens (including phenoxy) is 1. The van der Waals surface area contributed by atoms with Crippen LogP contribution < -0.4 is 20.3 Å². The molecule has 1 aliphatic rings. The summed E-state index contributed by atoms with van der Waals surface area (Å²) in [6, 6.07) is 15.0. The van der Waals surface area contributed by atoms with Gasteiger partial charge < -0.3 is 20.3 Å². The van der Waals surface area contributed by atoms with Gasteiger partial charge in [-0.05, 0) is 30.2 Å². The van der Waals surface area contributed by atoms with Crippen LogP contribution in [0.1, 0.15) is 12.0 Å². The van der Waals surface area contributed by atoms with Crippen molar-refractivity contribution in [2.45, 2.75) is 25.6 Å². The molecule has 11 heteroatoms. The van der Waals surface area contributed by atoms with Gasteiger partial charge in [-0.25, -0.2) is 4.98 Å². The van der Waals surface area contributed by atoms with E-state index in [-0.39, 0.29) is 35.8 Å². The van der Waals surface area contributed by atoms with E-state index in [9.17, 15) is 8.78 Å². The van der Waals surface area contributed by atoms with Crippen molar-refractivity contribution in [1.29, 1.82) is 0 Å². The summed E-state index contributed by atoms with van der Waals surface area (Å²) in [4.78, 5) is 10.5. The number of aromatic nitrogens is 3. The van der Waals surface area contributed by atoms with Gasteiger partial charge in [0.2, 0.25) is 0 Å². The summed E-state index contributed by atoms with van der Waals surface area (Å²) in [5, 5.41) is 13.5. The molecule has 0 bridgehead atoms. The van der Waals surface area contributed by atoms with Crippen molar-refractivity contribution in [3.8, 4) is 17.1 Å². The molecule has 2 aromatic carbocycles. The first-order valence-electron chi connectivity index (χ1n) is 10.3. The van der Waals surface area contributed by atoms with Crippen LogP contribution in [-0.2, 0) is 6.54 Å². The van der Waals surface area contributed by atoms with E-state index < -0.39 is 6.61 Å². The molecule has 1 saturated heterocycles. The van der Waals surface area contributed by atoms with Crippen molar-refractivity contribution in [1.82, 2.24) is 25.8 Å². The summed E-state index contributed by atoms with van der Waals surface area (Å²) in [5.74, 6) is 1.59. The Balaban J connectivity index is 0.00000306. The molecule has 0 amide bonds. The van der Waals surface area contributed by atoms with Crippen molar-refractivity contribution < 1.29 is 13.5 Å². The first kappa shape index (κ1) is 24.7. The van der Waals surface area contributed by atoms with Gasteiger partial charge in [-0.1, -0.05) is 30.3 Å². The molecule has 1 unspecified atom stereocenters. The van der Waals surface area contributed by atoms with E-state index in [1.807, 2.05) is 35.2 Å². The Hall–Kier alpha value is -2.96. The zero-order valence-corrected chi connectivity index (χ0v) is 20.4. The van der Waals surface area contributed by atoms with E-state index in [0.717, 1.165) is 29.9 Å². The Morgan fingerprint density at radius 3 is 2.88 bits per heavy atom. The van der Waals surface area contributed by atoms with E-state index in [4.69, 9.17) is 0 Å². The highest BCUT2D eigenvalue weighted by Gasteiger charge is 2.26. The lowest BCUT2D eigenvalue weighted by molar-refractivity contribution is -0.0495. The second kappa shape index (κ2) is 11.8. The number of halogens is 3. The molecule has 0 radical (unpaired) electrons. The van der Waals surface area contributed by atoms with Gasteiger partial charge in [0.25, 0.3) is 0 Å². The highest BCUT2D eigenvalue weighted by atomic mass is 127. The van der Waals surface area contributed by atoms with Crippen LogP contribution in [0.25, 0.3) is 11.4 Å². The zero-order valence-electron chi connectivity index (χ0n) is 18.0. The van der Waals surface area contributed by atoms with E-state index in [1.54, 1.807) is 25.2 Å². The monoisotopic (exact) mass is 569 g/mol. The summed E-state index contributed by atoms with van der Waals surface area (Å²) < 4.78 is 30.1. The average molecular weight is 569 g/mol. The van der Waals surface area contributed by atoms with Crippen molar-refractivity contribution in [2.24, 2.45) is 4.99 Å². The number of aromatic amines is 1. The zero-order chi connectivity index (χ0) is 22.3. The van der Waals surface area contributed by atoms with E-state index in [2.05, 4.69) is 35.5 Å². The number of aliphatic imine (C=N–C) groups is 1. The topological polar surface area (TPSA) is 90.5 Å². The summed E-state index contributed by atoms with van der Waals surface area (Å²) >= 11 is 0. The van der Waals surface area contributed by atoms with Crippen LogP contribution in [-0.4, -0.2) is 53.9 Å². The Labute approximate surface area is 207 Å². The lowest BCUT2D eigenvalue weighted by atomic mass is 10.1. The van der Waals surface area contributed by atoms with Crippen LogP contribution >= 0.6 is 24.0 Å². The summed E-state index contributed by atoms with van der Waals surface area (Å²) in [6.45, 7) is -0.871. The molecule has 0 spiro atoms. The third-order valence-corrected chi connectivity index (χ3v) is 5.25. The maximum absolute atomic E-state index is 12.7. The number of anilines is 1. The Bertz CT molecular complexity index is 1050. The Morgan fingerprint density at radius 2 is 2.12 bits per heavy atom. The fourth-order valence-electron chi connectivity index (χ4n) is 3.76. The molecule has 176 valence electrons. The largest absolute Gasteiger partial charge is 0.433 e. The molecule has 2 heterocycles. The lowest BCUT2D eigenvalue weighted by Crippen LogP contribution is -2.44. The molecule has 8 nitrogen and oxygen atoms in total. The van der Waals surface area contributed by atoms with Gasteiger partial charge in [0.1, 0.15) is 12.1 Å². The summed E-state index contributed by atoms with van der Waals surface area (Å²) in [6.07, 6.45) is 2.33. The van der Waals surface area contributed by atoms with Gasteiger partial charge >= 0.3 is 6.61 Å². The van der Waals surface area contributed by atoms with E-state index in [0.29, 0.717) is 24.7 Å². The smallest absolute Gasteiger partial charge is 0.387 e. The minimum absolute atomic E-state index is 0. The minimum Gasteiger partial charge on any atom is -0.433 e. The molecular formula is C22H26F2IN7O. The second-order valence-electron chi connectivity index (χ2n) is 7.38. The Kier molecular flexibility index (Phi) is 8.80. The van der Waals surface area contributed by atoms with Crippen molar-refractivity contribution >= 4 is 35.6 Å². The number of guanidine groups is 1. The average Bonchev–Trinajstić information content (AvgIpc) is 3.49. The van der Waals surface area contributed by atoms with Crippen LogP contribution in [0, 0.1) is 0 Å². The highest BCUT2D eigenvalue weighted by molar-refractivity contribution is 14.0. The molecule has 0 aliphatic carbocycles. The number of hydrogen-bond acceptors (Lipinski definition) is 5. The number of nitrogens with one attached hydrogen (secondary N) is 3. The van der Waals surface area contributed by atoms with Crippen LogP contribution in [0.3, 0.4) is 0 Å². The number of nitrogens with zero attached hydrogens (tertiary/aromatic N) is 4. The third kappa shape index (κ3) is 6.53. The molecule has 1 atom stereocenters. The van der Waals surface area contributed by atoms with Gasteiger partial charge in [0.05, 0.1) is 5.69 Å². The predicted octanol–water partition coefficient (Wildman–Crippen LogP) is 3.64. The maximum atomic E-state index is 12.7. The molecule has 1 aromatic heterocycles. The third-order valence-electron chi connectivity index (χ3n) is 5.25. The SMILES string of the molecule is CN=C(NCc1cccc(-c2ncn[nH]2)c1)NC1CCN(c2ccccc2OC(F)F)C1.I. The molecule has 3 N–H and O–H groups in total. The van der Waals surface area contributed by atoms with Gasteiger partial charge in [-0.2, -0.15) is 13.9 Å². The van der Waals surface area contributed by atoms with Gasteiger partial charge in [-0.3, -0.25) is 10.1 Å². The number of rotatable bonds is 7. The lowest BCUT2D eigenvalue weighted by Gasteiger charge is -2.22. The van der Waals surface area contributed by atoms with E-state index in [1.165, 1.54) is 6.33 Å². The molecule has 3 aromatic rings. The summed E-state index contributed by atoms with van der Waals surface area (Å²) in [7, 11) is 1.72. The number of alkyl halides is 2. The minimum atomic E-state index is -2.85. The van der Waals surface area contributed by atoms with Crippen LogP contribution in [0.15, 0.2) is 59.9 Å². The second-order valence-corrected chi connectivity index (χ2v) is 7.38. The molecule has 0 saturated carbocycles. The fourth-order valence-corrected chi connectivity index (χ4v) is 3.76. The van der Waals surface area contributed by atoms with Crippen molar-refractivity contribution in [3.63, 3.8) is 0 Å². The van der Waals surface area contributed by atoms with Gasteiger partial charge in [0, 0.05) is 38.3 Å². The summed E-state index contributed by atoms with van der Waals surface area (Å²) in [5.41, 5.74) is 2.71. The fraction of sp³-hybridized carbons (Fsp3) is 0.318. The number of hydrogen-bond donors (Lipinski definition) is 3. The Morgan fingerprint density at radius 1 is 1.27 bits per heavy atom. The van der Waals surface area contributed by atoms with Gasteiger partial charge in [-0.15, -0.1) is 24.0 Å². The van der Waals surface area contributed by atoms with Crippen LogP contribution in [0.2, 0.25) is 0 Å². The molecule has 4 rings (SSSR count). The van der Waals surface area contributed by atoms with E-state index >= 15 is 0 Å².